The highest BCUT2D eigenvalue weighted by Gasteiger charge is 2.27. The highest BCUT2D eigenvalue weighted by atomic mass is 35.5. The Morgan fingerprint density at radius 2 is 1.46 bits per heavy atom. The van der Waals surface area contributed by atoms with Crippen molar-refractivity contribution in [2.75, 3.05) is 36.3 Å². The number of anilines is 2. The number of hydrogen-bond donors (Lipinski definition) is 2. The Morgan fingerprint density at radius 1 is 0.838 bits per heavy atom. The van der Waals surface area contributed by atoms with Crippen LogP contribution in [0.4, 0.5) is 11.4 Å². The lowest BCUT2D eigenvalue weighted by Gasteiger charge is -2.26. The number of nitrogens with one attached hydrogen (secondary N) is 2. The zero-order valence-corrected chi connectivity index (χ0v) is 22.7. The number of morpholine rings is 1. The molecule has 37 heavy (non-hydrogen) atoms. The van der Waals surface area contributed by atoms with Crippen LogP contribution < -0.4 is 10.0 Å². The molecule has 1 aliphatic rings. The molecule has 1 fully saturated rings. The first kappa shape index (κ1) is 27.4. The summed E-state index contributed by atoms with van der Waals surface area (Å²) in [6, 6.07) is 14.2. The maximum absolute atomic E-state index is 13.0. The predicted octanol–water partition coefficient (Wildman–Crippen LogP) is 4.38. The summed E-state index contributed by atoms with van der Waals surface area (Å²) in [7, 11) is -7.73. The molecule has 0 radical (unpaired) electrons. The number of ether oxygens (including phenoxy) is 1. The Morgan fingerprint density at radius 3 is 2.11 bits per heavy atom. The van der Waals surface area contributed by atoms with Gasteiger partial charge in [-0.3, -0.25) is 9.52 Å². The highest BCUT2D eigenvalue weighted by Crippen LogP contribution is 2.26. The molecule has 4 rings (SSSR count). The summed E-state index contributed by atoms with van der Waals surface area (Å²) in [5.41, 5.74) is 1.38. The monoisotopic (exact) mass is 583 g/mol. The average molecular weight is 585 g/mol. The van der Waals surface area contributed by atoms with Crippen molar-refractivity contribution in [2.24, 2.45) is 0 Å². The standard InChI is InChI=1S/C24H23Cl2N3O6S2/c1-16-2-3-18(14-23(16)26)28-36(31,32)19-6-4-17(5-7-19)27-24(30)21-15-20(8-9-22(21)25)37(33,34)29-10-12-35-13-11-29/h2-9,14-15,28H,10-13H2,1H3,(H,27,30). The third-order valence-corrected chi connectivity index (χ3v) is 9.67. The van der Waals surface area contributed by atoms with Crippen LogP contribution in [-0.4, -0.2) is 53.4 Å². The fraction of sp³-hybridized carbons (Fsp3) is 0.208. The number of halogens is 2. The average Bonchev–Trinajstić information content (AvgIpc) is 2.87. The van der Waals surface area contributed by atoms with Gasteiger partial charge in [0.2, 0.25) is 10.0 Å². The van der Waals surface area contributed by atoms with Crippen LogP contribution in [0.25, 0.3) is 0 Å². The molecule has 3 aromatic carbocycles. The molecule has 0 unspecified atom stereocenters. The van der Waals surface area contributed by atoms with E-state index >= 15 is 0 Å². The smallest absolute Gasteiger partial charge is 0.261 e. The molecule has 0 aromatic heterocycles. The van der Waals surface area contributed by atoms with Gasteiger partial charge >= 0.3 is 0 Å². The van der Waals surface area contributed by atoms with Crippen molar-refractivity contribution in [1.82, 2.24) is 4.31 Å². The zero-order chi connectivity index (χ0) is 26.8. The maximum atomic E-state index is 13.0. The van der Waals surface area contributed by atoms with Crippen LogP contribution in [0.2, 0.25) is 10.0 Å². The maximum Gasteiger partial charge on any atom is 0.261 e. The van der Waals surface area contributed by atoms with E-state index in [1.807, 2.05) is 0 Å². The minimum atomic E-state index is -3.90. The SMILES string of the molecule is Cc1ccc(NS(=O)(=O)c2ccc(NC(=O)c3cc(S(=O)(=O)N4CCOCC4)ccc3Cl)cc2)cc1Cl. The second-order valence-corrected chi connectivity index (χ2v) is 12.6. The lowest BCUT2D eigenvalue weighted by Crippen LogP contribution is -2.40. The quantitative estimate of drug-likeness (QED) is 0.425. The van der Waals surface area contributed by atoms with Crippen LogP contribution >= 0.6 is 23.2 Å². The van der Waals surface area contributed by atoms with E-state index in [0.717, 1.165) is 5.56 Å². The molecule has 0 bridgehead atoms. The van der Waals surface area contributed by atoms with Gasteiger partial charge in [0, 0.05) is 23.8 Å². The minimum Gasteiger partial charge on any atom is -0.379 e. The second kappa shape index (κ2) is 11.0. The molecule has 2 N–H and O–H groups in total. The molecule has 1 aliphatic heterocycles. The van der Waals surface area contributed by atoms with Gasteiger partial charge in [0.25, 0.3) is 15.9 Å². The Bertz CT molecular complexity index is 1540. The number of amides is 1. The molecule has 1 saturated heterocycles. The summed E-state index contributed by atoms with van der Waals surface area (Å²) in [4.78, 5) is 12.8. The van der Waals surface area contributed by atoms with Crippen molar-refractivity contribution in [3.8, 4) is 0 Å². The van der Waals surface area contributed by atoms with Crippen LogP contribution in [0, 0.1) is 6.92 Å². The third kappa shape index (κ3) is 6.25. The van der Waals surface area contributed by atoms with Gasteiger partial charge in [-0.1, -0.05) is 29.3 Å². The molecular weight excluding hydrogens is 561 g/mol. The van der Waals surface area contributed by atoms with Gasteiger partial charge in [0.15, 0.2) is 0 Å². The van der Waals surface area contributed by atoms with Crippen molar-refractivity contribution < 1.29 is 26.4 Å². The number of nitrogens with zero attached hydrogens (tertiary/aromatic N) is 1. The normalized spacial score (nSPS) is 14.8. The lowest BCUT2D eigenvalue weighted by molar-refractivity contribution is 0.0730. The second-order valence-electron chi connectivity index (χ2n) is 8.21. The predicted molar refractivity (Wildman–Crippen MR) is 142 cm³/mol. The molecule has 0 aliphatic carbocycles. The first-order chi connectivity index (χ1) is 17.5. The van der Waals surface area contributed by atoms with Crippen molar-refractivity contribution >= 4 is 60.5 Å². The molecule has 0 saturated carbocycles. The topological polar surface area (TPSA) is 122 Å². The number of carbonyl (C=O) groups is 1. The van der Waals surface area contributed by atoms with E-state index in [4.69, 9.17) is 27.9 Å². The van der Waals surface area contributed by atoms with Gasteiger partial charge in [0.1, 0.15) is 0 Å². The first-order valence-corrected chi connectivity index (χ1v) is 14.7. The summed E-state index contributed by atoms with van der Waals surface area (Å²) in [5.74, 6) is -0.646. The molecule has 0 atom stereocenters. The van der Waals surface area contributed by atoms with Crippen LogP contribution in [0.15, 0.2) is 70.5 Å². The highest BCUT2D eigenvalue weighted by molar-refractivity contribution is 7.92. The first-order valence-electron chi connectivity index (χ1n) is 11.1. The van der Waals surface area contributed by atoms with E-state index in [2.05, 4.69) is 10.0 Å². The Labute approximate surface area is 225 Å². The van der Waals surface area contributed by atoms with Crippen molar-refractivity contribution in [3.05, 3.63) is 81.8 Å². The number of benzene rings is 3. The van der Waals surface area contributed by atoms with E-state index in [9.17, 15) is 21.6 Å². The fourth-order valence-electron chi connectivity index (χ4n) is 3.56. The Hall–Kier alpha value is -2.67. The van der Waals surface area contributed by atoms with Gasteiger partial charge in [-0.15, -0.1) is 0 Å². The summed E-state index contributed by atoms with van der Waals surface area (Å²) in [6.45, 7) is 2.82. The van der Waals surface area contributed by atoms with Gasteiger partial charge in [-0.25, -0.2) is 16.8 Å². The molecule has 3 aromatic rings. The van der Waals surface area contributed by atoms with Crippen LogP contribution in [0.3, 0.4) is 0 Å². The molecule has 0 spiro atoms. The van der Waals surface area contributed by atoms with E-state index in [-0.39, 0.29) is 33.5 Å². The molecule has 1 heterocycles. The van der Waals surface area contributed by atoms with Crippen LogP contribution in [0.1, 0.15) is 15.9 Å². The van der Waals surface area contributed by atoms with Crippen molar-refractivity contribution in [3.63, 3.8) is 0 Å². The van der Waals surface area contributed by atoms with E-state index in [0.29, 0.717) is 29.6 Å². The Kier molecular flexibility index (Phi) is 8.12. The minimum absolute atomic E-state index is 0.0289. The number of carbonyl (C=O) groups excluding carboxylic acids is 1. The van der Waals surface area contributed by atoms with E-state index in [1.165, 1.54) is 52.8 Å². The third-order valence-electron chi connectivity index (χ3n) is 5.64. The number of rotatable bonds is 7. The number of aryl methyl sites for hydroxylation is 1. The van der Waals surface area contributed by atoms with Crippen molar-refractivity contribution in [2.45, 2.75) is 16.7 Å². The van der Waals surface area contributed by atoms with E-state index < -0.39 is 26.0 Å². The molecule has 13 heteroatoms. The summed E-state index contributed by atoms with van der Waals surface area (Å²) >= 11 is 12.3. The fourth-order valence-corrected chi connectivity index (χ4v) is 6.43. The molecule has 9 nitrogen and oxygen atoms in total. The molecule has 1 amide bonds. The van der Waals surface area contributed by atoms with Crippen molar-refractivity contribution in [1.29, 1.82) is 0 Å². The van der Waals surface area contributed by atoms with Crippen LogP contribution in [0.5, 0.6) is 0 Å². The van der Waals surface area contributed by atoms with Gasteiger partial charge < -0.3 is 10.1 Å². The van der Waals surface area contributed by atoms with Gasteiger partial charge in [-0.05, 0) is 67.1 Å². The van der Waals surface area contributed by atoms with Gasteiger partial charge in [-0.2, -0.15) is 4.31 Å². The zero-order valence-electron chi connectivity index (χ0n) is 19.6. The Balaban J connectivity index is 1.50. The van der Waals surface area contributed by atoms with Gasteiger partial charge in [0.05, 0.1) is 39.3 Å². The lowest BCUT2D eigenvalue weighted by atomic mass is 10.2. The summed E-state index contributed by atoms with van der Waals surface area (Å²) < 4.78 is 60.3. The molecular formula is C24H23Cl2N3O6S2. The summed E-state index contributed by atoms with van der Waals surface area (Å²) in [5, 5.41) is 3.11. The molecule has 196 valence electrons. The summed E-state index contributed by atoms with van der Waals surface area (Å²) in [6.07, 6.45) is 0. The largest absolute Gasteiger partial charge is 0.379 e. The number of sulfonamides is 2. The number of hydrogen-bond acceptors (Lipinski definition) is 6. The van der Waals surface area contributed by atoms with Crippen LogP contribution in [-0.2, 0) is 24.8 Å². The van der Waals surface area contributed by atoms with E-state index in [1.54, 1.807) is 19.1 Å².